The van der Waals surface area contributed by atoms with E-state index in [2.05, 4.69) is 25.9 Å². The first-order valence-corrected chi connectivity index (χ1v) is 5.27. The zero-order chi connectivity index (χ0) is 12.4. The minimum Gasteiger partial charge on any atom is -0.421 e. The summed E-state index contributed by atoms with van der Waals surface area (Å²) >= 11 is 3.08. The van der Waals surface area contributed by atoms with Gasteiger partial charge in [-0.15, -0.1) is 0 Å². The van der Waals surface area contributed by atoms with Gasteiger partial charge >= 0.3 is 6.01 Å². The Labute approximate surface area is 104 Å². The van der Waals surface area contributed by atoms with Gasteiger partial charge in [0.2, 0.25) is 5.82 Å². The number of nitrogens with two attached hydrogens (primary N) is 1. The predicted molar refractivity (Wildman–Crippen MR) is 60.6 cm³/mol. The first kappa shape index (κ1) is 11.7. The molecule has 2 N–H and O–H groups in total. The average molecular weight is 302 g/mol. The van der Waals surface area contributed by atoms with E-state index < -0.39 is 11.6 Å². The molecule has 88 valence electrons. The molecule has 1 aromatic heterocycles. The van der Waals surface area contributed by atoms with Crippen LogP contribution in [0.2, 0.25) is 0 Å². The minimum atomic E-state index is -1.10. The number of benzene rings is 1. The highest BCUT2D eigenvalue weighted by molar-refractivity contribution is 9.10. The van der Waals surface area contributed by atoms with Gasteiger partial charge in [-0.05, 0) is 28.1 Å². The summed E-state index contributed by atoms with van der Waals surface area (Å²) in [5.74, 6) is -2.26. The fourth-order valence-corrected chi connectivity index (χ4v) is 1.51. The van der Waals surface area contributed by atoms with Gasteiger partial charge in [0, 0.05) is 6.07 Å². The van der Waals surface area contributed by atoms with Crippen LogP contribution in [0.1, 0.15) is 0 Å². The Hall–Kier alpha value is -1.76. The zero-order valence-corrected chi connectivity index (χ0v) is 9.91. The fraction of sp³-hybridized carbons (Fsp3) is 0. The summed E-state index contributed by atoms with van der Waals surface area (Å²) in [6.45, 7) is 0. The van der Waals surface area contributed by atoms with Gasteiger partial charge in [0.05, 0.1) is 0 Å². The molecule has 0 saturated heterocycles. The molecule has 0 radical (unpaired) electrons. The Bertz CT molecular complexity index is 545. The average Bonchev–Trinajstić information content (AvgIpc) is 2.23. The maximum absolute atomic E-state index is 13.3. The molecule has 17 heavy (non-hydrogen) atoms. The quantitative estimate of drug-likeness (QED) is 0.867. The second kappa shape index (κ2) is 4.62. The Morgan fingerprint density at radius 2 is 2.00 bits per heavy atom. The largest absolute Gasteiger partial charge is 0.421 e. The van der Waals surface area contributed by atoms with Crippen molar-refractivity contribution in [2.24, 2.45) is 0 Å². The Morgan fingerprint density at radius 3 is 2.71 bits per heavy atom. The van der Waals surface area contributed by atoms with Crippen molar-refractivity contribution in [3.05, 3.63) is 40.5 Å². The normalized spacial score (nSPS) is 10.3. The summed E-state index contributed by atoms with van der Waals surface area (Å²) in [4.78, 5) is 7.54. The van der Waals surface area contributed by atoms with E-state index in [1.807, 2.05) is 0 Å². The lowest BCUT2D eigenvalue weighted by Crippen LogP contribution is -1.99. The van der Waals surface area contributed by atoms with Gasteiger partial charge in [0.25, 0.3) is 0 Å². The van der Waals surface area contributed by atoms with E-state index in [9.17, 15) is 8.78 Å². The summed E-state index contributed by atoms with van der Waals surface area (Å²) < 4.78 is 31.6. The summed E-state index contributed by atoms with van der Waals surface area (Å²) in [6, 6.07) is 4.85. The first-order chi connectivity index (χ1) is 8.06. The third-order valence-corrected chi connectivity index (χ3v) is 2.22. The van der Waals surface area contributed by atoms with Crippen LogP contribution in [0.3, 0.4) is 0 Å². The van der Waals surface area contributed by atoms with E-state index >= 15 is 0 Å². The van der Waals surface area contributed by atoms with Crippen molar-refractivity contribution < 1.29 is 13.5 Å². The fourth-order valence-electron chi connectivity index (χ4n) is 1.12. The van der Waals surface area contributed by atoms with E-state index in [4.69, 9.17) is 10.5 Å². The first-order valence-electron chi connectivity index (χ1n) is 4.48. The van der Waals surface area contributed by atoms with Crippen molar-refractivity contribution in [3.63, 3.8) is 0 Å². The molecule has 1 aromatic carbocycles. The van der Waals surface area contributed by atoms with Crippen LogP contribution in [0.5, 0.6) is 11.8 Å². The molecule has 0 bridgehead atoms. The van der Waals surface area contributed by atoms with E-state index in [1.165, 1.54) is 18.2 Å². The lowest BCUT2D eigenvalue weighted by atomic mass is 10.3. The second-order valence-corrected chi connectivity index (χ2v) is 3.86. The predicted octanol–water partition coefficient (Wildman–Crippen LogP) is 2.89. The lowest BCUT2D eigenvalue weighted by molar-refractivity contribution is 0.393. The smallest absolute Gasteiger partial charge is 0.325 e. The SMILES string of the molecule is Nc1cc(Br)nc(Oc2cccc(F)c2F)n1. The van der Waals surface area contributed by atoms with Crippen molar-refractivity contribution in [3.8, 4) is 11.8 Å². The molecule has 0 amide bonds. The molecular formula is C10H6BrF2N3O. The highest BCUT2D eigenvalue weighted by atomic mass is 79.9. The number of hydrogen-bond donors (Lipinski definition) is 1. The number of hydrogen-bond acceptors (Lipinski definition) is 4. The molecule has 7 heteroatoms. The van der Waals surface area contributed by atoms with Crippen LogP contribution in [-0.4, -0.2) is 9.97 Å². The zero-order valence-electron chi connectivity index (χ0n) is 8.32. The Balaban J connectivity index is 2.34. The highest BCUT2D eigenvalue weighted by Crippen LogP contribution is 2.24. The molecule has 0 unspecified atom stereocenters. The molecule has 0 aliphatic rings. The van der Waals surface area contributed by atoms with Crippen molar-refractivity contribution in [1.82, 2.24) is 9.97 Å². The number of ether oxygens (including phenoxy) is 1. The van der Waals surface area contributed by atoms with Gasteiger partial charge < -0.3 is 10.5 Å². The van der Waals surface area contributed by atoms with Gasteiger partial charge in [0.15, 0.2) is 11.6 Å². The molecule has 0 aliphatic heterocycles. The van der Waals surface area contributed by atoms with E-state index in [0.717, 1.165) is 6.07 Å². The van der Waals surface area contributed by atoms with Crippen LogP contribution in [0.25, 0.3) is 0 Å². The second-order valence-electron chi connectivity index (χ2n) is 3.05. The van der Waals surface area contributed by atoms with Crippen LogP contribution in [0.15, 0.2) is 28.9 Å². The third kappa shape index (κ3) is 2.68. The van der Waals surface area contributed by atoms with Crippen LogP contribution in [0.4, 0.5) is 14.6 Å². The monoisotopic (exact) mass is 301 g/mol. The summed E-state index contributed by atoms with van der Waals surface area (Å²) in [5.41, 5.74) is 5.45. The number of anilines is 1. The van der Waals surface area contributed by atoms with Gasteiger partial charge in [0.1, 0.15) is 10.4 Å². The standard InChI is InChI=1S/C10H6BrF2N3O/c11-7-4-8(14)16-10(15-7)17-6-3-1-2-5(12)9(6)13/h1-4H,(H2,14,15,16). The Kier molecular flexibility index (Phi) is 3.19. The van der Waals surface area contributed by atoms with E-state index in [1.54, 1.807) is 0 Å². The van der Waals surface area contributed by atoms with Gasteiger partial charge in [-0.3, -0.25) is 0 Å². The molecule has 0 atom stereocenters. The van der Waals surface area contributed by atoms with Gasteiger partial charge in [-0.1, -0.05) is 6.07 Å². The maximum atomic E-state index is 13.3. The van der Waals surface area contributed by atoms with Gasteiger partial charge in [-0.25, -0.2) is 4.39 Å². The van der Waals surface area contributed by atoms with Crippen LogP contribution >= 0.6 is 15.9 Å². The summed E-state index contributed by atoms with van der Waals surface area (Å²) in [5, 5.41) is 0. The molecule has 4 nitrogen and oxygen atoms in total. The highest BCUT2D eigenvalue weighted by Gasteiger charge is 2.11. The maximum Gasteiger partial charge on any atom is 0.325 e. The van der Waals surface area contributed by atoms with E-state index in [0.29, 0.717) is 4.60 Å². The van der Waals surface area contributed by atoms with Crippen molar-refractivity contribution in [2.45, 2.75) is 0 Å². The molecule has 0 fully saturated rings. The van der Waals surface area contributed by atoms with Gasteiger partial charge in [-0.2, -0.15) is 14.4 Å². The van der Waals surface area contributed by atoms with Crippen LogP contribution in [-0.2, 0) is 0 Å². The topological polar surface area (TPSA) is 61.0 Å². The van der Waals surface area contributed by atoms with Crippen molar-refractivity contribution >= 4 is 21.7 Å². The van der Waals surface area contributed by atoms with Crippen molar-refractivity contribution in [1.29, 1.82) is 0 Å². The van der Waals surface area contributed by atoms with Crippen LogP contribution < -0.4 is 10.5 Å². The number of nitrogen functional groups attached to an aromatic ring is 1. The molecule has 0 spiro atoms. The lowest BCUT2D eigenvalue weighted by Gasteiger charge is -2.05. The third-order valence-electron chi connectivity index (χ3n) is 1.81. The minimum absolute atomic E-state index is 0.152. The number of aromatic nitrogens is 2. The summed E-state index contributed by atoms with van der Waals surface area (Å²) in [7, 11) is 0. The molecule has 0 aliphatic carbocycles. The van der Waals surface area contributed by atoms with Crippen molar-refractivity contribution in [2.75, 3.05) is 5.73 Å². The van der Waals surface area contributed by atoms with Crippen LogP contribution in [0, 0.1) is 11.6 Å². The Morgan fingerprint density at radius 1 is 1.24 bits per heavy atom. The number of rotatable bonds is 2. The summed E-state index contributed by atoms with van der Waals surface area (Å²) in [6.07, 6.45) is 0. The molecular weight excluding hydrogens is 296 g/mol. The molecule has 1 heterocycles. The number of halogens is 3. The molecule has 2 rings (SSSR count). The molecule has 0 saturated carbocycles. The van der Waals surface area contributed by atoms with E-state index in [-0.39, 0.29) is 17.6 Å². The number of nitrogens with zero attached hydrogens (tertiary/aromatic N) is 2. The molecule has 2 aromatic rings.